The first kappa shape index (κ1) is 35.2. The fraction of sp³-hybridized carbons (Fsp3) is 0.912. The normalized spacial score (nSPS) is 12.5. The maximum atomic E-state index is 10.8. The van der Waals surface area contributed by atoms with Gasteiger partial charge in [0.1, 0.15) is 0 Å². The van der Waals surface area contributed by atoms with E-state index in [1.807, 2.05) is 0 Å². The molecular weight excluding hydrogens is 438 g/mol. The second kappa shape index (κ2) is 30.4. The lowest BCUT2D eigenvalue weighted by atomic mass is 9.93. The quantitative estimate of drug-likeness (QED) is 0.0765. The first-order chi connectivity index (χ1) is 17.7. The number of unbranched alkanes of at least 4 members (excludes halogenated alkanes) is 22. The van der Waals surface area contributed by atoms with Gasteiger partial charge in [-0.05, 0) is 38.0 Å². The van der Waals surface area contributed by atoms with Crippen LogP contribution in [0.4, 0.5) is 0 Å². The summed E-state index contributed by atoms with van der Waals surface area (Å²) in [6.07, 6.45) is 42.7. The molecule has 214 valence electrons. The highest BCUT2D eigenvalue weighted by molar-refractivity contribution is 5.73. The lowest BCUT2D eigenvalue weighted by molar-refractivity contribution is -0.118. The van der Waals surface area contributed by atoms with E-state index in [2.05, 4.69) is 26.0 Å². The molecule has 0 aliphatic rings. The predicted molar refractivity (Wildman–Crippen MR) is 162 cm³/mol. The van der Waals surface area contributed by atoms with E-state index in [0.717, 1.165) is 18.8 Å². The first-order valence-corrected chi connectivity index (χ1v) is 16.7. The molecule has 36 heavy (non-hydrogen) atoms. The molecule has 0 saturated carbocycles. The summed E-state index contributed by atoms with van der Waals surface area (Å²) in [6.45, 7) is 4.60. The number of primary amides is 1. The topological polar surface area (TPSA) is 43.1 Å². The minimum Gasteiger partial charge on any atom is -0.370 e. The van der Waals surface area contributed by atoms with Crippen LogP contribution in [0, 0.1) is 5.92 Å². The third kappa shape index (κ3) is 29.4. The first-order valence-electron chi connectivity index (χ1n) is 16.7. The van der Waals surface area contributed by atoms with Crippen molar-refractivity contribution in [1.29, 1.82) is 0 Å². The molecule has 0 spiro atoms. The van der Waals surface area contributed by atoms with E-state index in [4.69, 9.17) is 5.73 Å². The zero-order valence-corrected chi connectivity index (χ0v) is 25.0. The van der Waals surface area contributed by atoms with Crippen molar-refractivity contribution in [3.05, 3.63) is 12.2 Å². The molecule has 0 aromatic heterocycles. The minimum absolute atomic E-state index is 0.151. The van der Waals surface area contributed by atoms with Crippen molar-refractivity contribution in [2.75, 3.05) is 0 Å². The van der Waals surface area contributed by atoms with Crippen molar-refractivity contribution in [3.8, 4) is 0 Å². The maximum absolute atomic E-state index is 10.8. The van der Waals surface area contributed by atoms with Gasteiger partial charge in [0.05, 0.1) is 0 Å². The summed E-state index contributed by atoms with van der Waals surface area (Å²) in [7, 11) is 0. The number of hydrogen-bond donors (Lipinski definition) is 1. The lowest BCUT2D eigenvalue weighted by Gasteiger charge is -2.13. The van der Waals surface area contributed by atoms with E-state index in [9.17, 15) is 4.79 Å². The largest absolute Gasteiger partial charge is 0.370 e. The summed E-state index contributed by atoms with van der Waals surface area (Å²) in [5.41, 5.74) is 5.24. The van der Waals surface area contributed by atoms with Crippen LogP contribution in [0.3, 0.4) is 0 Å². The van der Waals surface area contributed by atoms with Crippen LogP contribution in [0.15, 0.2) is 12.2 Å². The molecular formula is C34H67NO. The fourth-order valence-corrected chi connectivity index (χ4v) is 5.33. The van der Waals surface area contributed by atoms with Gasteiger partial charge in [0, 0.05) is 6.42 Å². The lowest BCUT2D eigenvalue weighted by Crippen LogP contribution is -2.09. The number of rotatable bonds is 30. The summed E-state index contributed by atoms with van der Waals surface area (Å²) in [5.74, 6) is 0.631. The molecule has 2 N–H and O–H groups in total. The molecule has 1 atom stereocenters. The summed E-state index contributed by atoms with van der Waals surface area (Å²) in [6, 6.07) is 0. The Labute approximate surface area is 228 Å². The van der Waals surface area contributed by atoms with Crippen molar-refractivity contribution in [2.45, 2.75) is 194 Å². The number of allylic oxidation sites excluding steroid dienone is 2. The SMILES string of the molecule is CCCCCCCCCCCCCCCCC=CC(CCCCCCC)CCCCCCCC(N)=O. The third-order valence-electron chi connectivity index (χ3n) is 7.81. The third-order valence-corrected chi connectivity index (χ3v) is 7.81. The highest BCUT2D eigenvalue weighted by Gasteiger charge is 2.05. The van der Waals surface area contributed by atoms with Gasteiger partial charge in [0.2, 0.25) is 5.91 Å². The number of hydrogen-bond acceptors (Lipinski definition) is 1. The van der Waals surface area contributed by atoms with Crippen molar-refractivity contribution in [2.24, 2.45) is 11.7 Å². The van der Waals surface area contributed by atoms with Crippen LogP contribution in [0.25, 0.3) is 0 Å². The average molecular weight is 506 g/mol. The Bertz CT molecular complexity index is 458. The van der Waals surface area contributed by atoms with Gasteiger partial charge in [-0.1, -0.05) is 167 Å². The Balaban J connectivity index is 3.76. The molecule has 0 aliphatic heterocycles. The van der Waals surface area contributed by atoms with Gasteiger partial charge in [-0.25, -0.2) is 0 Å². The van der Waals surface area contributed by atoms with E-state index in [1.54, 1.807) is 0 Å². The second-order valence-corrected chi connectivity index (χ2v) is 11.5. The number of carbonyl (C=O) groups is 1. The van der Waals surface area contributed by atoms with Crippen LogP contribution in [-0.2, 0) is 4.79 Å². The van der Waals surface area contributed by atoms with E-state index in [1.165, 1.54) is 161 Å². The van der Waals surface area contributed by atoms with Crippen LogP contribution in [-0.4, -0.2) is 5.91 Å². The molecule has 0 aliphatic carbocycles. The second-order valence-electron chi connectivity index (χ2n) is 11.5. The minimum atomic E-state index is -0.151. The summed E-state index contributed by atoms with van der Waals surface area (Å²) < 4.78 is 0. The zero-order valence-electron chi connectivity index (χ0n) is 25.0. The Morgan fingerprint density at radius 3 is 1.31 bits per heavy atom. The van der Waals surface area contributed by atoms with E-state index in [0.29, 0.717) is 6.42 Å². The van der Waals surface area contributed by atoms with Gasteiger partial charge in [-0.2, -0.15) is 0 Å². The van der Waals surface area contributed by atoms with Gasteiger partial charge in [-0.3, -0.25) is 4.79 Å². The van der Waals surface area contributed by atoms with Crippen molar-refractivity contribution in [1.82, 2.24) is 0 Å². The zero-order chi connectivity index (χ0) is 26.4. The van der Waals surface area contributed by atoms with Crippen molar-refractivity contribution in [3.63, 3.8) is 0 Å². The van der Waals surface area contributed by atoms with E-state index in [-0.39, 0.29) is 5.91 Å². The van der Waals surface area contributed by atoms with Gasteiger partial charge in [0.15, 0.2) is 0 Å². The van der Waals surface area contributed by atoms with Crippen LogP contribution >= 0.6 is 0 Å². The Kier molecular flexibility index (Phi) is 29.8. The highest BCUT2D eigenvalue weighted by Crippen LogP contribution is 2.21. The van der Waals surface area contributed by atoms with Crippen LogP contribution < -0.4 is 5.73 Å². The molecule has 0 aromatic carbocycles. The van der Waals surface area contributed by atoms with E-state index >= 15 is 0 Å². The van der Waals surface area contributed by atoms with Gasteiger partial charge in [-0.15, -0.1) is 0 Å². The Morgan fingerprint density at radius 2 is 0.889 bits per heavy atom. The van der Waals surface area contributed by atoms with Crippen molar-refractivity contribution >= 4 is 5.91 Å². The maximum Gasteiger partial charge on any atom is 0.217 e. The number of nitrogens with two attached hydrogens (primary N) is 1. The Morgan fingerprint density at radius 1 is 0.528 bits per heavy atom. The summed E-state index contributed by atoms with van der Waals surface area (Å²) in [4.78, 5) is 10.8. The van der Waals surface area contributed by atoms with Crippen LogP contribution in [0.2, 0.25) is 0 Å². The molecule has 0 radical (unpaired) electrons. The van der Waals surface area contributed by atoms with Crippen molar-refractivity contribution < 1.29 is 4.79 Å². The molecule has 0 rings (SSSR count). The predicted octanol–water partition coefficient (Wildman–Crippen LogP) is 11.6. The number of carbonyl (C=O) groups excluding carboxylic acids is 1. The van der Waals surface area contributed by atoms with Crippen LogP contribution in [0.5, 0.6) is 0 Å². The molecule has 0 bridgehead atoms. The molecule has 1 unspecified atom stereocenters. The average Bonchev–Trinajstić information content (AvgIpc) is 2.87. The molecule has 0 heterocycles. The monoisotopic (exact) mass is 506 g/mol. The molecule has 0 aromatic rings. The highest BCUT2D eigenvalue weighted by atomic mass is 16.1. The van der Waals surface area contributed by atoms with Gasteiger partial charge < -0.3 is 5.73 Å². The molecule has 0 saturated heterocycles. The molecule has 0 fully saturated rings. The fourth-order valence-electron chi connectivity index (χ4n) is 5.33. The van der Waals surface area contributed by atoms with E-state index < -0.39 is 0 Å². The molecule has 2 nitrogen and oxygen atoms in total. The molecule has 1 amide bonds. The van der Waals surface area contributed by atoms with Crippen LogP contribution in [0.1, 0.15) is 194 Å². The molecule has 2 heteroatoms. The number of amides is 1. The summed E-state index contributed by atoms with van der Waals surface area (Å²) >= 11 is 0. The summed E-state index contributed by atoms with van der Waals surface area (Å²) in [5, 5.41) is 0. The smallest absolute Gasteiger partial charge is 0.217 e. The Hall–Kier alpha value is -0.790. The van der Waals surface area contributed by atoms with Gasteiger partial charge >= 0.3 is 0 Å². The standard InChI is InChI=1S/C34H67NO/c1-3-5-7-9-10-11-12-13-14-15-16-17-18-19-22-26-30-33(29-25-21-8-6-4-2)31-27-23-20-24-28-32-34(35)36/h26,30,33H,3-25,27-29,31-32H2,1-2H3,(H2,35,36). The van der Waals surface area contributed by atoms with Gasteiger partial charge in [0.25, 0.3) is 0 Å².